The van der Waals surface area contributed by atoms with Gasteiger partial charge in [0.15, 0.2) is 11.4 Å². The molecule has 1 aromatic carbocycles. The number of hydrogen-bond donors (Lipinski definition) is 1. The number of halogens is 1. The Morgan fingerprint density at radius 1 is 1.40 bits per heavy atom. The van der Waals surface area contributed by atoms with E-state index >= 15 is 0 Å². The molecular formula is C13H13FN4O2. The molecule has 0 bridgehead atoms. The van der Waals surface area contributed by atoms with Crippen molar-refractivity contribution in [1.82, 2.24) is 20.2 Å². The Labute approximate surface area is 114 Å². The Kier molecular flexibility index (Phi) is 2.96. The van der Waals surface area contributed by atoms with Crippen molar-refractivity contribution in [1.29, 1.82) is 0 Å². The second-order valence-corrected chi connectivity index (χ2v) is 4.97. The minimum Gasteiger partial charge on any atom is -0.479 e. The van der Waals surface area contributed by atoms with Crippen LogP contribution in [0.15, 0.2) is 24.3 Å². The number of benzene rings is 1. The fraction of sp³-hybridized carbons (Fsp3) is 0.385. The number of carbonyl (C=O) groups is 1. The van der Waals surface area contributed by atoms with Crippen LogP contribution in [0.5, 0.6) is 0 Å². The highest BCUT2D eigenvalue weighted by Crippen LogP contribution is 2.39. The minimum atomic E-state index is -1.07. The second kappa shape index (κ2) is 4.66. The molecule has 2 aromatic rings. The first-order valence-corrected chi connectivity index (χ1v) is 6.38. The minimum absolute atomic E-state index is 0.175. The van der Waals surface area contributed by atoms with Crippen LogP contribution in [0.2, 0.25) is 0 Å². The van der Waals surface area contributed by atoms with Gasteiger partial charge >= 0.3 is 5.97 Å². The lowest BCUT2D eigenvalue weighted by atomic mass is 9.77. The van der Waals surface area contributed by atoms with Crippen LogP contribution < -0.4 is 0 Å². The summed E-state index contributed by atoms with van der Waals surface area (Å²) in [5, 5.41) is 20.6. The average molecular weight is 276 g/mol. The first-order valence-electron chi connectivity index (χ1n) is 6.38. The molecule has 1 aliphatic rings. The fourth-order valence-electron chi connectivity index (χ4n) is 2.49. The SMILES string of the molecule is O=C(O)C1(n2nnnc2Cc2ccccc2F)CCC1. The van der Waals surface area contributed by atoms with Crippen molar-refractivity contribution >= 4 is 5.97 Å². The van der Waals surface area contributed by atoms with Gasteiger partial charge in [0.1, 0.15) is 5.82 Å². The lowest BCUT2D eigenvalue weighted by Crippen LogP contribution is -2.49. The Morgan fingerprint density at radius 3 is 2.75 bits per heavy atom. The zero-order chi connectivity index (χ0) is 14.2. The van der Waals surface area contributed by atoms with E-state index in [0.717, 1.165) is 6.42 Å². The van der Waals surface area contributed by atoms with Gasteiger partial charge in [-0.15, -0.1) is 5.10 Å². The van der Waals surface area contributed by atoms with E-state index in [1.165, 1.54) is 10.7 Å². The molecule has 0 unspecified atom stereocenters. The molecule has 104 valence electrons. The quantitative estimate of drug-likeness (QED) is 0.912. The van der Waals surface area contributed by atoms with Gasteiger partial charge in [-0.1, -0.05) is 18.2 Å². The fourth-order valence-corrected chi connectivity index (χ4v) is 2.49. The number of tetrazole rings is 1. The largest absolute Gasteiger partial charge is 0.479 e. The molecule has 3 rings (SSSR count). The van der Waals surface area contributed by atoms with Crippen molar-refractivity contribution in [2.45, 2.75) is 31.2 Å². The van der Waals surface area contributed by atoms with Gasteiger partial charge in [0.05, 0.1) is 0 Å². The molecule has 1 aromatic heterocycles. The lowest BCUT2D eigenvalue weighted by Gasteiger charge is -2.37. The van der Waals surface area contributed by atoms with Crippen LogP contribution in [-0.2, 0) is 16.8 Å². The summed E-state index contributed by atoms with van der Waals surface area (Å²) in [5.74, 6) is -0.914. The topological polar surface area (TPSA) is 80.9 Å². The van der Waals surface area contributed by atoms with E-state index in [1.807, 2.05) is 0 Å². The van der Waals surface area contributed by atoms with Gasteiger partial charge in [-0.2, -0.15) is 0 Å². The monoisotopic (exact) mass is 276 g/mol. The molecule has 0 atom stereocenters. The van der Waals surface area contributed by atoms with E-state index in [-0.39, 0.29) is 12.2 Å². The van der Waals surface area contributed by atoms with Gasteiger partial charge in [-0.3, -0.25) is 0 Å². The van der Waals surface area contributed by atoms with E-state index in [0.29, 0.717) is 24.2 Å². The first kappa shape index (κ1) is 12.7. The highest BCUT2D eigenvalue weighted by Gasteiger charge is 2.48. The maximum atomic E-state index is 13.7. The third-order valence-corrected chi connectivity index (χ3v) is 3.82. The molecular weight excluding hydrogens is 263 g/mol. The van der Waals surface area contributed by atoms with Crippen LogP contribution in [0.3, 0.4) is 0 Å². The van der Waals surface area contributed by atoms with Gasteiger partial charge in [-0.25, -0.2) is 13.9 Å². The molecule has 6 nitrogen and oxygen atoms in total. The highest BCUT2D eigenvalue weighted by molar-refractivity contribution is 5.77. The van der Waals surface area contributed by atoms with Crippen molar-refractivity contribution < 1.29 is 14.3 Å². The van der Waals surface area contributed by atoms with Crippen LogP contribution >= 0.6 is 0 Å². The summed E-state index contributed by atoms with van der Waals surface area (Å²) >= 11 is 0. The van der Waals surface area contributed by atoms with Gasteiger partial charge in [0.2, 0.25) is 0 Å². The smallest absolute Gasteiger partial charge is 0.331 e. The molecule has 0 amide bonds. The summed E-state index contributed by atoms with van der Waals surface area (Å²) in [5.41, 5.74) is -0.618. The molecule has 20 heavy (non-hydrogen) atoms. The van der Waals surface area contributed by atoms with Gasteiger partial charge < -0.3 is 5.11 Å². The third-order valence-electron chi connectivity index (χ3n) is 3.82. The maximum Gasteiger partial charge on any atom is 0.331 e. The number of nitrogens with zero attached hydrogens (tertiary/aromatic N) is 4. The Morgan fingerprint density at radius 2 is 2.15 bits per heavy atom. The summed E-state index contributed by atoms with van der Waals surface area (Å²) in [4.78, 5) is 11.5. The molecule has 0 aliphatic heterocycles. The van der Waals surface area contributed by atoms with Crippen LogP contribution in [0.1, 0.15) is 30.7 Å². The van der Waals surface area contributed by atoms with Gasteiger partial charge in [-0.05, 0) is 41.3 Å². The van der Waals surface area contributed by atoms with E-state index in [2.05, 4.69) is 15.5 Å². The van der Waals surface area contributed by atoms with Crippen molar-refractivity contribution in [3.05, 3.63) is 41.5 Å². The van der Waals surface area contributed by atoms with Crippen molar-refractivity contribution in [3.8, 4) is 0 Å². The molecule has 0 spiro atoms. The molecule has 1 N–H and O–H groups in total. The predicted octanol–water partition coefficient (Wildman–Crippen LogP) is 1.37. The zero-order valence-corrected chi connectivity index (χ0v) is 10.7. The maximum absolute atomic E-state index is 13.7. The standard InChI is InChI=1S/C13H13FN4O2/c14-10-5-2-1-4-9(10)8-11-15-16-17-18(11)13(12(19)20)6-3-7-13/h1-2,4-5H,3,6-8H2,(H,19,20). The number of aromatic nitrogens is 4. The number of rotatable bonds is 4. The van der Waals surface area contributed by atoms with Crippen molar-refractivity contribution in [2.24, 2.45) is 0 Å². The normalized spacial score (nSPS) is 16.6. The molecule has 7 heteroatoms. The summed E-state index contributed by atoms with van der Waals surface area (Å²) in [6, 6.07) is 6.33. The zero-order valence-electron chi connectivity index (χ0n) is 10.7. The molecule has 1 aliphatic carbocycles. The summed E-state index contributed by atoms with van der Waals surface area (Å²) in [7, 11) is 0. The van der Waals surface area contributed by atoms with Gasteiger partial charge in [0.25, 0.3) is 0 Å². The van der Waals surface area contributed by atoms with E-state index < -0.39 is 11.5 Å². The second-order valence-electron chi connectivity index (χ2n) is 4.97. The number of hydrogen-bond acceptors (Lipinski definition) is 4. The highest BCUT2D eigenvalue weighted by atomic mass is 19.1. The van der Waals surface area contributed by atoms with Crippen molar-refractivity contribution in [2.75, 3.05) is 0 Å². The van der Waals surface area contributed by atoms with Crippen LogP contribution in [0, 0.1) is 5.82 Å². The molecule has 1 heterocycles. The van der Waals surface area contributed by atoms with Crippen LogP contribution in [0.25, 0.3) is 0 Å². The Balaban J connectivity index is 1.95. The first-order chi connectivity index (χ1) is 9.63. The van der Waals surface area contributed by atoms with Crippen molar-refractivity contribution in [3.63, 3.8) is 0 Å². The van der Waals surface area contributed by atoms with Gasteiger partial charge in [0, 0.05) is 6.42 Å². The molecule has 1 fully saturated rings. The van der Waals surface area contributed by atoms with E-state index in [4.69, 9.17) is 0 Å². The third kappa shape index (κ3) is 1.86. The number of carboxylic acids is 1. The van der Waals surface area contributed by atoms with Crippen LogP contribution in [-0.4, -0.2) is 31.3 Å². The number of carboxylic acid groups (broad SMARTS) is 1. The predicted molar refractivity (Wildman–Crippen MR) is 66.5 cm³/mol. The molecule has 0 saturated heterocycles. The summed E-state index contributed by atoms with van der Waals surface area (Å²) in [6.45, 7) is 0. The van der Waals surface area contributed by atoms with E-state index in [1.54, 1.807) is 18.2 Å². The molecule has 1 saturated carbocycles. The number of aliphatic carboxylic acids is 1. The average Bonchev–Trinajstić information content (AvgIpc) is 2.79. The summed E-state index contributed by atoms with van der Waals surface area (Å²) in [6.07, 6.45) is 2.00. The lowest BCUT2D eigenvalue weighted by molar-refractivity contribution is -0.153. The molecule has 0 radical (unpaired) electrons. The Bertz CT molecular complexity index is 651. The summed E-state index contributed by atoms with van der Waals surface area (Å²) < 4.78 is 15.0. The van der Waals surface area contributed by atoms with E-state index in [9.17, 15) is 14.3 Å². The Hall–Kier alpha value is -2.31. The van der Waals surface area contributed by atoms with Crippen LogP contribution in [0.4, 0.5) is 4.39 Å².